The van der Waals surface area contributed by atoms with E-state index in [9.17, 15) is 0 Å². The van der Waals surface area contributed by atoms with Gasteiger partial charge in [-0.05, 0) is 282 Å². The average Bonchev–Trinajstić information content (AvgIpc) is 1.53. The third kappa shape index (κ3) is 16.1. The first kappa shape index (κ1) is 90.7. The highest BCUT2D eigenvalue weighted by atomic mass is 79.9. The number of hydrogen-bond donors (Lipinski definition) is 0. The van der Waals surface area contributed by atoms with Gasteiger partial charge in [-0.25, -0.2) is 0 Å². The molecule has 1 aliphatic rings. The van der Waals surface area contributed by atoms with Gasteiger partial charge in [-0.2, -0.15) is 0 Å². The van der Waals surface area contributed by atoms with Crippen molar-refractivity contribution in [1.29, 1.82) is 0 Å². The Bertz CT molecular complexity index is 9830. The van der Waals surface area contributed by atoms with Gasteiger partial charge in [0.2, 0.25) is 0 Å². The maximum atomic E-state index is 6.37. The van der Waals surface area contributed by atoms with Crippen LogP contribution in [0.2, 0.25) is 0 Å². The molecule has 0 radical (unpaired) electrons. The molecule has 704 valence electrons. The molecule has 148 heavy (non-hydrogen) atoms. The molecule has 0 saturated carbocycles. The molecule has 22 aromatic carbocycles. The highest BCUT2D eigenvalue weighted by Crippen LogP contribution is 2.58. The molecule has 0 N–H and O–H groups in total. The Morgan fingerprint density at radius 2 is 0.507 bits per heavy atom. The van der Waals surface area contributed by atoms with E-state index in [-0.39, 0.29) is 0 Å². The first-order chi connectivity index (χ1) is 73.0. The number of hydrogen-bond acceptors (Lipinski definition) is 6. The fourth-order valence-corrected chi connectivity index (χ4v) is 23.6. The Balaban J connectivity index is 0.000000102. The molecule has 0 fully saturated rings. The van der Waals surface area contributed by atoms with Crippen molar-refractivity contribution in [1.82, 2.24) is 13.7 Å². The Kier molecular flexibility index (Phi) is 23.5. The fraction of sp³-hybridized carbons (Fsp3) is 0.00741. The van der Waals surface area contributed by atoms with E-state index in [1.54, 1.807) is 0 Å². The van der Waals surface area contributed by atoms with E-state index in [0.29, 0.717) is 0 Å². The van der Waals surface area contributed by atoms with Crippen molar-refractivity contribution in [2.75, 3.05) is 14.7 Å². The van der Waals surface area contributed by atoms with E-state index >= 15 is 0 Å². The number of aromatic nitrogens is 3. The largest absolute Gasteiger partial charge is 0.456 e. The second kappa shape index (κ2) is 38.3. The first-order valence-corrected chi connectivity index (χ1v) is 52.5. The van der Waals surface area contributed by atoms with Crippen molar-refractivity contribution in [2.24, 2.45) is 0 Å². The Morgan fingerprint density at radius 1 is 0.196 bits per heavy atom. The predicted octanol–water partition coefficient (Wildman–Crippen LogP) is 40.2. The fourth-order valence-electron chi connectivity index (χ4n) is 22.2. The van der Waals surface area contributed by atoms with E-state index in [0.717, 1.165) is 158 Å². The van der Waals surface area contributed by atoms with Gasteiger partial charge in [0.15, 0.2) is 0 Å². The maximum absolute atomic E-state index is 6.37. The summed E-state index contributed by atoms with van der Waals surface area (Å²) in [7, 11) is 0. The molecule has 28 aromatic rings. The van der Waals surface area contributed by atoms with Crippen molar-refractivity contribution in [3.8, 4) is 28.2 Å². The third-order valence-corrected chi connectivity index (χ3v) is 30.6. The lowest BCUT2D eigenvalue weighted by Gasteiger charge is -2.34. The van der Waals surface area contributed by atoms with Gasteiger partial charge < -0.3 is 41.7 Å². The average molecular weight is 2160 g/mol. The van der Waals surface area contributed by atoms with E-state index < -0.39 is 5.41 Å². The van der Waals surface area contributed by atoms with Gasteiger partial charge in [-0.1, -0.05) is 331 Å². The number of halogens is 4. The van der Waals surface area contributed by atoms with Gasteiger partial charge in [-0.3, -0.25) is 0 Å². The van der Waals surface area contributed by atoms with Gasteiger partial charge in [0.25, 0.3) is 0 Å². The predicted molar refractivity (Wildman–Crippen MR) is 633 cm³/mol. The summed E-state index contributed by atoms with van der Waals surface area (Å²) in [6.45, 7) is 3.94. The lowest BCUT2D eigenvalue weighted by Crippen LogP contribution is -2.28. The van der Waals surface area contributed by atoms with Crippen molar-refractivity contribution in [3.63, 3.8) is 0 Å². The number of fused-ring (bicyclic) bond motifs is 21. The van der Waals surface area contributed by atoms with Gasteiger partial charge in [0.1, 0.15) is 33.5 Å². The quantitative estimate of drug-likeness (QED) is 0.102. The van der Waals surface area contributed by atoms with Gasteiger partial charge >= 0.3 is 0 Å². The number of furan rings is 3. The summed E-state index contributed by atoms with van der Waals surface area (Å²) in [6, 6.07) is 183. The number of rotatable bonds is 15. The normalized spacial score (nSPS) is 12.0. The first-order valence-electron chi connectivity index (χ1n) is 49.3. The van der Waals surface area contributed by atoms with Crippen LogP contribution < -0.4 is 14.7 Å². The van der Waals surface area contributed by atoms with E-state index in [1.807, 2.05) is 42.5 Å². The van der Waals surface area contributed by atoms with Crippen LogP contribution >= 0.6 is 63.7 Å². The number of benzene rings is 22. The molecule has 0 spiro atoms. The summed E-state index contributed by atoms with van der Waals surface area (Å²) in [5.41, 5.74) is 33.9. The maximum Gasteiger partial charge on any atom is 0.137 e. The van der Waals surface area contributed by atoms with Crippen LogP contribution in [0, 0.1) is 0 Å². The minimum absolute atomic E-state index is 0.425. The van der Waals surface area contributed by atoms with Crippen LogP contribution in [0.15, 0.2) is 553 Å². The lowest BCUT2D eigenvalue weighted by atomic mass is 9.68. The summed E-state index contributed by atoms with van der Waals surface area (Å²) in [6.07, 6.45) is 1.87. The highest BCUT2D eigenvalue weighted by Gasteiger charge is 2.46. The molecule has 29 rings (SSSR count). The summed E-state index contributed by atoms with van der Waals surface area (Å²) in [5.74, 6) is 0. The molecule has 0 bridgehead atoms. The summed E-state index contributed by atoms with van der Waals surface area (Å²) in [5, 5.41) is 14.1. The third-order valence-electron chi connectivity index (χ3n) is 28.6. The number of para-hydroxylation sites is 8. The van der Waals surface area contributed by atoms with Crippen LogP contribution in [0.5, 0.6) is 0 Å². The summed E-state index contributed by atoms with van der Waals surface area (Å²) >= 11 is 14.5. The standard InChI is InChI=1S/C43H28BrNO.C38H25BrN2O.C30H21BrN2.C24H14BrNO/c44-31-20-25-41-38(26-31)36-23-21-34(28-42(36)46-41)45(32-16-8-3-9-17-32)33-22-24-40-37(27-33)35-18-10-11-19-39(35)43(40,29-12-4-1-5-13-29)30-14-6-2-7-15-30;1-2-25-12-15-28(16-13-25)40(30-17-19-32-34-22-26(39)14-21-37(34)42-38(32)24-30)29-18-20-36-33(23-29)31-10-6-7-11-35(31)41(36)27-8-4-3-5-9-27;31-22-16-19-29-28(20-22)27-18-17-26(21-30(27)33(29)25-14-8-3-9-15-25)32(23-10-4-1-5-11-23)24-12-6-2-7-13-24;25-15-9-12-23-20(13-15)19-11-10-16(14-24(19)27-23)26-21-7-3-1-5-17(21)18-6-2-4-8-22(18)26/h1-28H;2-24H,1H2;1-21H;1-14H. The Morgan fingerprint density at radius 3 is 0.993 bits per heavy atom. The molecule has 0 saturated heterocycles. The van der Waals surface area contributed by atoms with Gasteiger partial charge in [-0.15, -0.1) is 0 Å². The summed E-state index contributed by atoms with van der Waals surface area (Å²) < 4.78 is 30.1. The monoisotopic (exact) mass is 2160 g/mol. The SMILES string of the molecule is Brc1ccc2c(c1)c1ccc(N(c3ccccc3)c3ccccc3)cc1n2-c1ccccc1.Brc1ccc2oc3cc(-n4c5ccccc5c5ccccc54)ccc3c2c1.Brc1ccc2oc3cc(N(c4ccccc4)c4ccc5c(c4)-c4ccccc4C5(c4ccccc4)c4ccccc4)ccc3c2c1.C=Cc1ccc(N(c2ccc3c(c2)oc2ccc(Br)cc23)c2ccc3c(c2)c2ccccc2n3-c2ccccc2)cc1. The van der Waals surface area contributed by atoms with Crippen LogP contribution in [0.3, 0.4) is 0 Å². The molecule has 13 heteroatoms. The molecule has 1 aliphatic carbocycles. The van der Waals surface area contributed by atoms with Gasteiger partial charge in [0, 0.05) is 169 Å². The Hall–Kier alpha value is -17.3. The molecule has 0 aliphatic heterocycles. The molecular formula is C135H88Br4N6O3. The van der Waals surface area contributed by atoms with Gasteiger partial charge in [0.05, 0.1) is 38.5 Å². The molecule has 9 nitrogen and oxygen atoms in total. The Labute approximate surface area is 887 Å². The van der Waals surface area contributed by atoms with Crippen LogP contribution in [0.4, 0.5) is 51.2 Å². The second-order valence-corrected chi connectivity index (χ2v) is 40.8. The zero-order valence-corrected chi connectivity index (χ0v) is 86.1. The smallest absolute Gasteiger partial charge is 0.137 e. The van der Waals surface area contributed by atoms with Crippen LogP contribution in [0.25, 0.3) is 165 Å². The van der Waals surface area contributed by atoms with Crippen LogP contribution in [0.1, 0.15) is 27.8 Å². The molecule has 0 unspecified atom stereocenters. The lowest BCUT2D eigenvalue weighted by molar-refractivity contribution is 0.668. The van der Waals surface area contributed by atoms with Crippen molar-refractivity contribution < 1.29 is 13.3 Å². The molecular weight excluding hydrogens is 2070 g/mol. The molecule has 6 heterocycles. The van der Waals surface area contributed by atoms with E-state index in [1.165, 1.54) is 98.8 Å². The van der Waals surface area contributed by atoms with E-state index in [4.69, 9.17) is 13.3 Å². The molecule has 0 atom stereocenters. The molecule has 6 aromatic heterocycles. The number of anilines is 9. The molecule has 0 amide bonds. The minimum Gasteiger partial charge on any atom is -0.456 e. The highest BCUT2D eigenvalue weighted by molar-refractivity contribution is 9.11. The summed E-state index contributed by atoms with van der Waals surface area (Å²) in [4.78, 5) is 6.93. The van der Waals surface area contributed by atoms with Crippen molar-refractivity contribution >= 4 is 252 Å². The van der Waals surface area contributed by atoms with E-state index in [2.05, 4.69) is 578 Å². The van der Waals surface area contributed by atoms with Crippen LogP contribution in [-0.4, -0.2) is 13.7 Å². The number of nitrogens with zero attached hydrogens (tertiary/aromatic N) is 6. The van der Waals surface area contributed by atoms with Crippen LogP contribution in [-0.2, 0) is 5.41 Å². The van der Waals surface area contributed by atoms with Crippen molar-refractivity contribution in [3.05, 3.63) is 568 Å². The zero-order valence-electron chi connectivity index (χ0n) is 79.8. The second-order valence-electron chi connectivity index (χ2n) is 37.1. The van der Waals surface area contributed by atoms with Crippen molar-refractivity contribution in [2.45, 2.75) is 5.41 Å². The topological polar surface area (TPSA) is 63.9 Å². The zero-order chi connectivity index (χ0) is 99.0. The minimum atomic E-state index is -0.425.